The van der Waals surface area contributed by atoms with Gasteiger partial charge in [0.1, 0.15) is 0 Å². The lowest BCUT2D eigenvalue weighted by Crippen LogP contribution is -2.18. The zero-order chi connectivity index (χ0) is 21.8. The molecule has 4 aromatic rings. The van der Waals surface area contributed by atoms with Gasteiger partial charge in [-0.3, -0.25) is 4.79 Å². The Morgan fingerprint density at radius 2 is 1.71 bits per heavy atom. The molecule has 4 rings (SSSR count). The number of aromatic nitrogens is 1. The van der Waals surface area contributed by atoms with Crippen LogP contribution < -0.4 is 10.3 Å². The van der Waals surface area contributed by atoms with Crippen LogP contribution in [0.25, 0.3) is 22.2 Å². The van der Waals surface area contributed by atoms with Crippen LogP contribution in [0.3, 0.4) is 0 Å². The number of carbonyl (C=O) groups is 1. The summed E-state index contributed by atoms with van der Waals surface area (Å²) < 4.78 is 0. The summed E-state index contributed by atoms with van der Waals surface area (Å²) in [7, 11) is 3.97. The van der Waals surface area contributed by atoms with Crippen molar-refractivity contribution in [2.24, 2.45) is 5.10 Å². The van der Waals surface area contributed by atoms with Gasteiger partial charge in [0.25, 0.3) is 5.91 Å². The molecule has 1 N–H and O–H groups in total. The van der Waals surface area contributed by atoms with Crippen molar-refractivity contribution in [1.29, 1.82) is 0 Å². The van der Waals surface area contributed by atoms with Crippen molar-refractivity contribution in [2.45, 2.75) is 0 Å². The molecule has 0 atom stereocenters. The van der Waals surface area contributed by atoms with Crippen molar-refractivity contribution < 1.29 is 4.79 Å². The number of para-hydroxylation sites is 1. The van der Waals surface area contributed by atoms with E-state index < -0.39 is 0 Å². The Bertz CT molecular complexity index is 1250. The summed E-state index contributed by atoms with van der Waals surface area (Å²) in [6, 6.07) is 24.6. The first kappa shape index (κ1) is 20.6. The van der Waals surface area contributed by atoms with E-state index in [4.69, 9.17) is 16.6 Å². The SMILES string of the molecule is CN(C)c1ccc(/C=N/NC(=O)c2cc(-c3ccc(Cl)cc3)nc3ccccc23)cc1. The highest BCUT2D eigenvalue weighted by atomic mass is 35.5. The molecule has 0 saturated carbocycles. The standard InChI is InChI=1S/C25H21ClN4O/c1-30(2)20-13-7-17(8-14-20)16-27-29-25(31)22-15-24(18-9-11-19(26)12-10-18)28-23-6-4-3-5-21(22)23/h3-16H,1-2H3,(H,29,31)/b27-16+. The van der Waals surface area contributed by atoms with Crippen molar-refractivity contribution >= 4 is 40.3 Å². The van der Waals surface area contributed by atoms with E-state index in [1.165, 1.54) is 0 Å². The highest BCUT2D eigenvalue weighted by Gasteiger charge is 2.13. The molecular formula is C25H21ClN4O. The van der Waals surface area contributed by atoms with Gasteiger partial charge in [0.15, 0.2) is 0 Å². The largest absolute Gasteiger partial charge is 0.378 e. The third-order valence-electron chi connectivity index (χ3n) is 4.89. The number of pyridine rings is 1. The average molecular weight is 429 g/mol. The molecule has 0 bridgehead atoms. The molecule has 3 aromatic carbocycles. The predicted molar refractivity (Wildman–Crippen MR) is 128 cm³/mol. The zero-order valence-corrected chi connectivity index (χ0v) is 18.0. The molecule has 0 radical (unpaired) electrons. The van der Waals surface area contributed by atoms with Crippen molar-refractivity contribution in [3.8, 4) is 11.3 Å². The first-order valence-corrected chi connectivity index (χ1v) is 10.2. The van der Waals surface area contributed by atoms with Crippen LogP contribution in [0.1, 0.15) is 15.9 Å². The Morgan fingerprint density at radius 3 is 2.42 bits per heavy atom. The fraction of sp³-hybridized carbons (Fsp3) is 0.0800. The molecule has 5 nitrogen and oxygen atoms in total. The second-order valence-electron chi connectivity index (χ2n) is 7.26. The van der Waals surface area contributed by atoms with Gasteiger partial charge in [0, 0.05) is 35.8 Å². The van der Waals surface area contributed by atoms with Crippen LogP contribution in [-0.4, -0.2) is 31.2 Å². The number of hydrogen-bond donors (Lipinski definition) is 1. The molecule has 0 spiro atoms. The number of halogens is 1. The Hall–Kier alpha value is -3.70. The van der Waals surface area contributed by atoms with E-state index in [-0.39, 0.29) is 5.91 Å². The van der Waals surface area contributed by atoms with Crippen LogP contribution in [0.4, 0.5) is 5.69 Å². The maximum absolute atomic E-state index is 12.9. The minimum absolute atomic E-state index is 0.296. The lowest BCUT2D eigenvalue weighted by molar-refractivity contribution is 0.0956. The van der Waals surface area contributed by atoms with E-state index in [0.717, 1.165) is 27.7 Å². The van der Waals surface area contributed by atoms with Crippen LogP contribution in [0.2, 0.25) is 5.02 Å². The minimum atomic E-state index is -0.296. The molecule has 31 heavy (non-hydrogen) atoms. The molecule has 0 aliphatic rings. The summed E-state index contributed by atoms with van der Waals surface area (Å²) in [6.45, 7) is 0. The number of fused-ring (bicyclic) bond motifs is 1. The monoisotopic (exact) mass is 428 g/mol. The highest BCUT2D eigenvalue weighted by molar-refractivity contribution is 6.30. The topological polar surface area (TPSA) is 57.6 Å². The van der Waals surface area contributed by atoms with Crippen LogP contribution in [0, 0.1) is 0 Å². The van der Waals surface area contributed by atoms with Crippen LogP contribution in [-0.2, 0) is 0 Å². The molecule has 0 fully saturated rings. The van der Waals surface area contributed by atoms with E-state index in [2.05, 4.69) is 10.5 Å². The molecule has 6 heteroatoms. The zero-order valence-electron chi connectivity index (χ0n) is 17.2. The summed E-state index contributed by atoms with van der Waals surface area (Å²) in [5.74, 6) is -0.296. The van der Waals surface area contributed by atoms with E-state index in [0.29, 0.717) is 16.3 Å². The number of carbonyl (C=O) groups excluding carboxylic acids is 1. The van der Waals surface area contributed by atoms with Crippen molar-refractivity contribution in [3.05, 3.63) is 95.0 Å². The van der Waals surface area contributed by atoms with Crippen molar-refractivity contribution in [2.75, 3.05) is 19.0 Å². The molecule has 1 heterocycles. The highest BCUT2D eigenvalue weighted by Crippen LogP contribution is 2.26. The predicted octanol–water partition coefficient (Wildman–Crippen LogP) is 5.39. The third-order valence-corrected chi connectivity index (χ3v) is 5.14. The molecule has 0 aliphatic heterocycles. The molecule has 0 aliphatic carbocycles. The van der Waals surface area contributed by atoms with E-state index in [1.54, 1.807) is 24.4 Å². The van der Waals surface area contributed by atoms with Gasteiger partial charge in [-0.1, -0.05) is 54.1 Å². The summed E-state index contributed by atoms with van der Waals surface area (Å²) in [5.41, 5.74) is 7.46. The van der Waals surface area contributed by atoms with E-state index >= 15 is 0 Å². The summed E-state index contributed by atoms with van der Waals surface area (Å²) >= 11 is 6.00. The van der Waals surface area contributed by atoms with E-state index in [9.17, 15) is 4.79 Å². The van der Waals surface area contributed by atoms with Gasteiger partial charge in [0.2, 0.25) is 0 Å². The molecule has 154 valence electrons. The van der Waals surface area contributed by atoms with Crippen LogP contribution in [0.15, 0.2) is 84.0 Å². The van der Waals surface area contributed by atoms with Crippen LogP contribution >= 0.6 is 11.6 Å². The van der Waals surface area contributed by atoms with Gasteiger partial charge in [-0.2, -0.15) is 5.10 Å². The maximum atomic E-state index is 12.9. The molecule has 1 amide bonds. The minimum Gasteiger partial charge on any atom is -0.378 e. The molecule has 0 saturated heterocycles. The van der Waals surface area contributed by atoms with Crippen molar-refractivity contribution in [3.63, 3.8) is 0 Å². The Labute approximate surface area is 186 Å². The van der Waals surface area contributed by atoms with Crippen molar-refractivity contribution in [1.82, 2.24) is 10.4 Å². The summed E-state index contributed by atoms with van der Waals surface area (Å²) in [5, 5.41) is 5.55. The third kappa shape index (κ3) is 4.73. The van der Waals surface area contributed by atoms with Gasteiger partial charge in [-0.15, -0.1) is 0 Å². The van der Waals surface area contributed by atoms with Crippen LogP contribution in [0.5, 0.6) is 0 Å². The number of benzene rings is 3. The lowest BCUT2D eigenvalue weighted by Gasteiger charge is -2.11. The van der Waals surface area contributed by atoms with Gasteiger partial charge in [0.05, 0.1) is 23.0 Å². The molecule has 1 aromatic heterocycles. The van der Waals surface area contributed by atoms with Gasteiger partial charge < -0.3 is 4.90 Å². The normalized spacial score (nSPS) is 11.1. The first-order chi connectivity index (χ1) is 15.0. The van der Waals surface area contributed by atoms with Gasteiger partial charge >= 0.3 is 0 Å². The second kappa shape index (κ2) is 8.98. The number of nitrogens with zero attached hydrogens (tertiary/aromatic N) is 3. The quantitative estimate of drug-likeness (QED) is 0.342. The first-order valence-electron chi connectivity index (χ1n) is 9.78. The Morgan fingerprint density at radius 1 is 1.00 bits per heavy atom. The summed E-state index contributed by atoms with van der Waals surface area (Å²) in [6.07, 6.45) is 1.63. The smallest absolute Gasteiger partial charge is 0.272 e. The molecular weight excluding hydrogens is 408 g/mol. The fourth-order valence-corrected chi connectivity index (χ4v) is 3.34. The number of rotatable bonds is 5. The average Bonchev–Trinajstić information content (AvgIpc) is 2.79. The number of anilines is 1. The summed E-state index contributed by atoms with van der Waals surface area (Å²) in [4.78, 5) is 19.7. The second-order valence-corrected chi connectivity index (χ2v) is 7.70. The van der Waals surface area contributed by atoms with E-state index in [1.807, 2.05) is 79.7 Å². The number of hydrogen-bond acceptors (Lipinski definition) is 4. The Kier molecular flexibility index (Phi) is 5.96. The molecule has 0 unspecified atom stereocenters. The lowest BCUT2D eigenvalue weighted by atomic mass is 10.0. The van der Waals surface area contributed by atoms with Gasteiger partial charge in [-0.05, 0) is 42.0 Å². The fourth-order valence-electron chi connectivity index (χ4n) is 3.22. The number of amides is 1. The number of hydrazone groups is 1. The maximum Gasteiger partial charge on any atom is 0.272 e. The number of nitrogens with one attached hydrogen (secondary N) is 1. The Balaban J connectivity index is 1.61. The van der Waals surface area contributed by atoms with Gasteiger partial charge in [-0.25, -0.2) is 10.4 Å².